The second-order valence-corrected chi connectivity index (χ2v) is 4.68. The van der Waals surface area contributed by atoms with Crippen LogP contribution in [0.2, 0.25) is 0 Å². The van der Waals surface area contributed by atoms with Gasteiger partial charge in [0.2, 0.25) is 5.82 Å². The van der Waals surface area contributed by atoms with Crippen molar-refractivity contribution >= 4 is 17.3 Å². The fourth-order valence-electron chi connectivity index (χ4n) is 2.40. The van der Waals surface area contributed by atoms with E-state index in [1.807, 2.05) is 18.7 Å². The molecule has 0 unspecified atom stereocenters. The Morgan fingerprint density at radius 2 is 2.00 bits per heavy atom. The van der Waals surface area contributed by atoms with Crippen molar-refractivity contribution in [3.8, 4) is 0 Å². The zero-order chi connectivity index (χ0) is 14.5. The van der Waals surface area contributed by atoms with Crippen molar-refractivity contribution in [2.45, 2.75) is 13.8 Å². The van der Waals surface area contributed by atoms with Crippen molar-refractivity contribution in [1.82, 2.24) is 10.3 Å². The molecular weight excluding hydrogens is 258 g/mol. The minimum atomic E-state index is -0.359. The standard InChI is InChI=1S/C13H21N5O2/c1-3-16(4-2)13-11(18(19)20)5-6-12(15-13)17-9-7-14-8-10-17/h5-6,14H,3-4,7-10H2,1-2H3. The van der Waals surface area contributed by atoms with Gasteiger partial charge in [0.25, 0.3) is 0 Å². The summed E-state index contributed by atoms with van der Waals surface area (Å²) in [7, 11) is 0. The van der Waals surface area contributed by atoms with E-state index in [2.05, 4.69) is 15.2 Å². The fourth-order valence-corrected chi connectivity index (χ4v) is 2.40. The molecule has 20 heavy (non-hydrogen) atoms. The molecule has 7 nitrogen and oxygen atoms in total. The van der Waals surface area contributed by atoms with E-state index >= 15 is 0 Å². The lowest BCUT2D eigenvalue weighted by Crippen LogP contribution is -2.44. The summed E-state index contributed by atoms with van der Waals surface area (Å²) in [6, 6.07) is 3.31. The Hall–Kier alpha value is -1.89. The van der Waals surface area contributed by atoms with Crippen molar-refractivity contribution in [2.24, 2.45) is 0 Å². The lowest BCUT2D eigenvalue weighted by molar-refractivity contribution is -0.384. The quantitative estimate of drug-likeness (QED) is 0.646. The first kappa shape index (κ1) is 14.5. The molecule has 0 amide bonds. The Kier molecular flexibility index (Phi) is 4.73. The monoisotopic (exact) mass is 279 g/mol. The summed E-state index contributed by atoms with van der Waals surface area (Å²) < 4.78 is 0. The van der Waals surface area contributed by atoms with E-state index in [-0.39, 0.29) is 10.6 Å². The molecule has 0 aromatic carbocycles. The Labute approximate surface area is 118 Å². The highest BCUT2D eigenvalue weighted by atomic mass is 16.6. The number of rotatable bonds is 5. The fraction of sp³-hybridized carbons (Fsp3) is 0.615. The van der Waals surface area contributed by atoms with Gasteiger partial charge in [0.1, 0.15) is 5.82 Å². The highest BCUT2D eigenvalue weighted by Crippen LogP contribution is 2.28. The maximum absolute atomic E-state index is 11.2. The minimum absolute atomic E-state index is 0.0765. The van der Waals surface area contributed by atoms with Gasteiger partial charge in [0.15, 0.2) is 0 Å². The van der Waals surface area contributed by atoms with Crippen LogP contribution < -0.4 is 15.1 Å². The third kappa shape index (κ3) is 2.98. The molecule has 0 spiro atoms. The highest BCUT2D eigenvalue weighted by Gasteiger charge is 2.22. The molecule has 1 aromatic heterocycles. The average Bonchev–Trinajstić information content (AvgIpc) is 2.49. The van der Waals surface area contributed by atoms with Gasteiger partial charge in [-0.15, -0.1) is 0 Å². The first-order chi connectivity index (χ1) is 9.67. The van der Waals surface area contributed by atoms with Crippen LogP contribution in [-0.4, -0.2) is 49.2 Å². The van der Waals surface area contributed by atoms with Crippen molar-refractivity contribution in [2.75, 3.05) is 49.1 Å². The van der Waals surface area contributed by atoms with Crippen LogP contribution in [0.3, 0.4) is 0 Å². The van der Waals surface area contributed by atoms with Crippen molar-refractivity contribution in [3.05, 3.63) is 22.2 Å². The number of pyridine rings is 1. The van der Waals surface area contributed by atoms with Crippen LogP contribution in [0, 0.1) is 10.1 Å². The Bertz CT molecular complexity index is 470. The molecule has 1 saturated heterocycles. The summed E-state index contributed by atoms with van der Waals surface area (Å²) in [4.78, 5) is 19.4. The molecule has 1 aromatic rings. The summed E-state index contributed by atoms with van der Waals surface area (Å²) in [6.45, 7) is 8.95. The molecular formula is C13H21N5O2. The van der Waals surface area contributed by atoms with Crippen molar-refractivity contribution < 1.29 is 4.92 Å². The number of anilines is 2. The van der Waals surface area contributed by atoms with Crippen LogP contribution in [0.15, 0.2) is 12.1 Å². The molecule has 0 radical (unpaired) electrons. The normalized spacial score (nSPS) is 15.2. The number of nitrogens with one attached hydrogen (secondary N) is 1. The molecule has 0 atom stereocenters. The molecule has 1 fully saturated rings. The second kappa shape index (κ2) is 6.51. The molecule has 1 N–H and O–H groups in total. The van der Waals surface area contributed by atoms with E-state index in [9.17, 15) is 10.1 Å². The maximum Gasteiger partial charge on any atom is 0.311 e. The molecule has 7 heteroatoms. The highest BCUT2D eigenvalue weighted by molar-refractivity contribution is 5.62. The van der Waals surface area contributed by atoms with Crippen LogP contribution in [0.1, 0.15) is 13.8 Å². The lowest BCUT2D eigenvalue weighted by Gasteiger charge is -2.29. The van der Waals surface area contributed by atoms with Crippen LogP contribution in [-0.2, 0) is 0 Å². The summed E-state index contributed by atoms with van der Waals surface area (Å²) in [5, 5.41) is 14.4. The smallest absolute Gasteiger partial charge is 0.311 e. The first-order valence-electron chi connectivity index (χ1n) is 7.03. The van der Waals surface area contributed by atoms with Gasteiger partial charge >= 0.3 is 5.69 Å². The van der Waals surface area contributed by atoms with E-state index in [4.69, 9.17) is 0 Å². The number of nitro groups is 1. The van der Waals surface area contributed by atoms with Gasteiger partial charge in [-0.05, 0) is 19.9 Å². The number of hydrogen-bond acceptors (Lipinski definition) is 6. The first-order valence-corrected chi connectivity index (χ1v) is 7.03. The van der Waals surface area contributed by atoms with Crippen molar-refractivity contribution in [1.29, 1.82) is 0 Å². The van der Waals surface area contributed by atoms with Crippen LogP contribution >= 0.6 is 0 Å². The third-order valence-electron chi connectivity index (χ3n) is 3.54. The SMILES string of the molecule is CCN(CC)c1nc(N2CCNCC2)ccc1[N+](=O)[O-]. The van der Waals surface area contributed by atoms with Crippen LogP contribution in [0.5, 0.6) is 0 Å². The molecule has 2 heterocycles. The van der Waals surface area contributed by atoms with Gasteiger partial charge in [0.05, 0.1) is 4.92 Å². The zero-order valence-electron chi connectivity index (χ0n) is 12.0. The molecule has 0 bridgehead atoms. The Morgan fingerprint density at radius 1 is 1.35 bits per heavy atom. The number of piperazine rings is 1. The number of nitrogens with zero attached hydrogens (tertiary/aromatic N) is 4. The number of aromatic nitrogens is 1. The van der Waals surface area contributed by atoms with Gasteiger partial charge in [-0.2, -0.15) is 0 Å². The largest absolute Gasteiger partial charge is 0.354 e. The van der Waals surface area contributed by atoms with E-state index in [0.29, 0.717) is 18.9 Å². The lowest BCUT2D eigenvalue weighted by atomic mass is 10.3. The summed E-state index contributed by atoms with van der Waals surface area (Å²) in [5.41, 5.74) is 0.0765. The Morgan fingerprint density at radius 3 is 2.55 bits per heavy atom. The number of hydrogen-bond donors (Lipinski definition) is 1. The molecule has 0 saturated carbocycles. The molecule has 2 rings (SSSR count). The van der Waals surface area contributed by atoms with Gasteiger partial charge in [-0.1, -0.05) is 0 Å². The third-order valence-corrected chi connectivity index (χ3v) is 3.54. The van der Waals surface area contributed by atoms with E-state index in [1.54, 1.807) is 12.1 Å². The van der Waals surface area contributed by atoms with Gasteiger partial charge < -0.3 is 15.1 Å². The maximum atomic E-state index is 11.2. The summed E-state index contributed by atoms with van der Waals surface area (Å²) in [6.07, 6.45) is 0. The zero-order valence-corrected chi connectivity index (χ0v) is 12.0. The van der Waals surface area contributed by atoms with Gasteiger partial charge in [-0.3, -0.25) is 10.1 Å². The van der Waals surface area contributed by atoms with Crippen LogP contribution in [0.25, 0.3) is 0 Å². The Balaban J connectivity index is 2.36. The average molecular weight is 279 g/mol. The molecule has 1 aliphatic heterocycles. The molecule has 110 valence electrons. The van der Waals surface area contributed by atoms with Crippen LogP contribution in [0.4, 0.5) is 17.3 Å². The predicted octanol–water partition coefficient (Wildman–Crippen LogP) is 1.25. The molecule has 1 aliphatic rings. The van der Waals surface area contributed by atoms with E-state index in [0.717, 1.165) is 32.0 Å². The minimum Gasteiger partial charge on any atom is -0.354 e. The van der Waals surface area contributed by atoms with Gasteiger partial charge in [0, 0.05) is 45.3 Å². The van der Waals surface area contributed by atoms with E-state index in [1.165, 1.54) is 0 Å². The topological polar surface area (TPSA) is 74.5 Å². The summed E-state index contributed by atoms with van der Waals surface area (Å²) >= 11 is 0. The second-order valence-electron chi connectivity index (χ2n) is 4.68. The van der Waals surface area contributed by atoms with Gasteiger partial charge in [-0.25, -0.2) is 4.98 Å². The van der Waals surface area contributed by atoms with Crippen molar-refractivity contribution in [3.63, 3.8) is 0 Å². The van der Waals surface area contributed by atoms with E-state index < -0.39 is 0 Å². The predicted molar refractivity (Wildman–Crippen MR) is 79.5 cm³/mol. The molecule has 0 aliphatic carbocycles. The summed E-state index contributed by atoms with van der Waals surface area (Å²) in [5.74, 6) is 1.29.